The highest BCUT2D eigenvalue weighted by Gasteiger charge is 2.26. The largest absolute Gasteiger partial charge is 0.241 e. The van der Waals surface area contributed by atoms with Crippen molar-refractivity contribution in [1.29, 1.82) is 0 Å². The normalized spacial score (nSPS) is 18.0. The molecule has 0 spiro atoms. The van der Waals surface area contributed by atoms with E-state index < -0.39 is 10.0 Å². The lowest BCUT2D eigenvalue weighted by molar-refractivity contribution is 0.545. The van der Waals surface area contributed by atoms with Gasteiger partial charge in [0, 0.05) is 10.9 Å². The van der Waals surface area contributed by atoms with Gasteiger partial charge in [-0.25, -0.2) is 13.1 Å². The third kappa shape index (κ3) is 3.07. The molecule has 3 rings (SSSR count). The molecule has 1 unspecified atom stereocenters. The minimum Gasteiger partial charge on any atom is -0.207 e. The summed E-state index contributed by atoms with van der Waals surface area (Å²) < 4.78 is 28.3. The molecule has 0 aliphatic carbocycles. The van der Waals surface area contributed by atoms with E-state index in [9.17, 15) is 8.42 Å². The summed E-state index contributed by atoms with van der Waals surface area (Å²) in [5.74, 6) is 0.928. The number of thioether (sulfide) groups is 1. The number of sulfonamides is 1. The van der Waals surface area contributed by atoms with E-state index in [2.05, 4.69) is 10.8 Å². The van der Waals surface area contributed by atoms with Gasteiger partial charge >= 0.3 is 0 Å². The van der Waals surface area contributed by atoms with Gasteiger partial charge in [0.05, 0.1) is 4.90 Å². The summed E-state index contributed by atoms with van der Waals surface area (Å²) in [7, 11) is -3.51. The zero-order valence-electron chi connectivity index (χ0n) is 12.7. The van der Waals surface area contributed by atoms with Gasteiger partial charge in [-0.15, -0.1) is 11.8 Å². The van der Waals surface area contributed by atoms with Crippen molar-refractivity contribution in [3.63, 3.8) is 0 Å². The van der Waals surface area contributed by atoms with Gasteiger partial charge in [0.1, 0.15) is 0 Å². The molecule has 0 aromatic heterocycles. The quantitative estimate of drug-likeness (QED) is 0.929. The molecular weight excluding hydrogens is 314 g/mol. The maximum atomic E-state index is 12.7. The Hall–Kier alpha value is -1.30. The first-order valence-corrected chi connectivity index (χ1v) is 9.75. The van der Waals surface area contributed by atoms with Crippen molar-refractivity contribution in [1.82, 2.24) is 4.72 Å². The third-order valence-corrected chi connectivity index (χ3v) is 6.63. The maximum absolute atomic E-state index is 12.7. The van der Waals surface area contributed by atoms with E-state index in [0.29, 0.717) is 4.90 Å². The van der Waals surface area contributed by atoms with Crippen molar-refractivity contribution in [2.24, 2.45) is 0 Å². The molecule has 1 atom stereocenters. The minimum atomic E-state index is -3.51. The Morgan fingerprint density at radius 3 is 2.68 bits per heavy atom. The zero-order chi connectivity index (χ0) is 15.7. The van der Waals surface area contributed by atoms with E-state index in [4.69, 9.17) is 0 Å². The van der Waals surface area contributed by atoms with Crippen LogP contribution < -0.4 is 4.72 Å². The van der Waals surface area contributed by atoms with Crippen molar-refractivity contribution < 1.29 is 8.42 Å². The van der Waals surface area contributed by atoms with E-state index in [0.717, 1.165) is 28.9 Å². The lowest BCUT2D eigenvalue weighted by Crippen LogP contribution is -2.31. The smallest absolute Gasteiger partial charge is 0.207 e. The minimum absolute atomic E-state index is 0.150. The highest BCUT2D eigenvalue weighted by atomic mass is 32.2. The molecule has 0 fully saturated rings. The number of benzene rings is 2. The Morgan fingerprint density at radius 2 is 1.91 bits per heavy atom. The summed E-state index contributed by atoms with van der Waals surface area (Å²) in [6, 6.07) is 13.3. The van der Waals surface area contributed by atoms with E-state index >= 15 is 0 Å². The molecule has 0 amide bonds. The molecule has 0 saturated carbocycles. The van der Waals surface area contributed by atoms with Gasteiger partial charge in [-0.2, -0.15) is 0 Å². The van der Waals surface area contributed by atoms with E-state index in [1.54, 1.807) is 17.8 Å². The molecule has 0 bridgehead atoms. The van der Waals surface area contributed by atoms with Crippen LogP contribution in [-0.4, -0.2) is 14.2 Å². The Bertz CT molecular complexity index is 800. The van der Waals surface area contributed by atoms with Gasteiger partial charge in [0.25, 0.3) is 0 Å². The molecule has 2 aromatic rings. The van der Waals surface area contributed by atoms with Crippen molar-refractivity contribution in [2.45, 2.75) is 36.1 Å². The average Bonchev–Trinajstić information content (AvgIpc) is 2.47. The fourth-order valence-electron chi connectivity index (χ4n) is 2.82. The fourth-order valence-corrected chi connectivity index (χ4v) is 5.42. The number of fused-ring (bicyclic) bond motifs is 1. The van der Waals surface area contributed by atoms with Gasteiger partial charge in [-0.3, -0.25) is 0 Å². The van der Waals surface area contributed by atoms with Crippen LogP contribution in [0.2, 0.25) is 0 Å². The second kappa shape index (κ2) is 6.07. The van der Waals surface area contributed by atoms with Crippen LogP contribution in [0.25, 0.3) is 0 Å². The number of aryl methyl sites for hydroxylation is 2. The van der Waals surface area contributed by atoms with Crippen molar-refractivity contribution in [3.8, 4) is 0 Å². The van der Waals surface area contributed by atoms with Gasteiger partial charge in [0.15, 0.2) is 0 Å². The molecule has 22 heavy (non-hydrogen) atoms. The van der Waals surface area contributed by atoms with Crippen LogP contribution in [0.1, 0.15) is 29.2 Å². The predicted octanol–water partition coefficient (Wildman–Crippen LogP) is 3.82. The summed E-state index contributed by atoms with van der Waals surface area (Å²) in [5, 5.41) is 0. The number of hydrogen-bond acceptors (Lipinski definition) is 3. The van der Waals surface area contributed by atoms with Gasteiger partial charge in [-0.05, 0) is 49.3 Å². The number of hydrogen-bond donors (Lipinski definition) is 1. The summed E-state index contributed by atoms with van der Waals surface area (Å²) in [6.45, 7) is 3.80. The Morgan fingerprint density at radius 1 is 1.14 bits per heavy atom. The van der Waals surface area contributed by atoms with Gasteiger partial charge < -0.3 is 0 Å². The topological polar surface area (TPSA) is 46.2 Å². The molecule has 1 heterocycles. The lowest BCUT2D eigenvalue weighted by atomic mass is 10.1. The van der Waals surface area contributed by atoms with Crippen LogP contribution in [-0.2, 0) is 10.0 Å². The van der Waals surface area contributed by atoms with Gasteiger partial charge in [-0.1, -0.05) is 35.9 Å². The lowest BCUT2D eigenvalue weighted by Gasteiger charge is -2.26. The molecule has 5 heteroatoms. The zero-order valence-corrected chi connectivity index (χ0v) is 14.3. The first kappa shape index (κ1) is 15.6. The SMILES string of the molecule is Cc1ccc(S(=O)(=O)NC2CCSc3ccccc32)c(C)c1. The van der Waals surface area contributed by atoms with Crippen molar-refractivity contribution >= 4 is 21.8 Å². The highest BCUT2D eigenvalue weighted by Crippen LogP contribution is 2.36. The molecule has 1 aliphatic heterocycles. The number of rotatable bonds is 3. The highest BCUT2D eigenvalue weighted by molar-refractivity contribution is 7.99. The van der Waals surface area contributed by atoms with Crippen LogP contribution in [0.5, 0.6) is 0 Å². The second-order valence-electron chi connectivity index (χ2n) is 5.62. The van der Waals surface area contributed by atoms with E-state index in [-0.39, 0.29) is 6.04 Å². The maximum Gasteiger partial charge on any atom is 0.241 e. The van der Waals surface area contributed by atoms with Crippen LogP contribution in [0.3, 0.4) is 0 Å². The van der Waals surface area contributed by atoms with E-state index in [1.807, 2.05) is 44.2 Å². The van der Waals surface area contributed by atoms with E-state index in [1.165, 1.54) is 4.90 Å². The first-order chi connectivity index (χ1) is 10.5. The monoisotopic (exact) mass is 333 g/mol. The van der Waals surface area contributed by atoms with Crippen molar-refractivity contribution in [2.75, 3.05) is 5.75 Å². The Labute approximate surface area is 136 Å². The average molecular weight is 333 g/mol. The van der Waals surface area contributed by atoms with Crippen LogP contribution in [0, 0.1) is 13.8 Å². The second-order valence-corrected chi connectivity index (χ2v) is 8.44. The molecule has 0 saturated heterocycles. The summed E-state index contributed by atoms with van der Waals surface area (Å²) in [4.78, 5) is 1.54. The molecule has 1 aliphatic rings. The van der Waals surface area contributed by atoms with Crippen molar-refractivity contribution in [3.05, 3.63) is 59.2 Å². The predicted molar refractivity (Wildman–Crippen MR) is 90.8 cm³/mol. The first-order valence-electron chi connectivity index (χ1n) is 7.29. The summed E-state index contributed by atoms with van der Waals surface area (Å²) >= 11 is 1.78. The molecule has 0 radical (unpaired) electrons. The Kier molecular flexibility index (Phi) is 4.30. The fraction of sp³-hybridized carbons (Fsp3) is 0.294. The van der Waals surface area contributed by atoms with Crippen LogP contribution in [0.15, 0.2) is 52.3 Å². The number of nitrogens with one attached hydrogen (secondary N) is 1. The van der Waals surface area contributed by atoms with Gasteiger partial charge in [0.2, 0.25) is 10.0 Å². The molecule has 2 aromatic carbocycles. The molecular formula is C17H19NO2S2. The van der Waals surface area contributed by atoms with Crippen LogP contribution >= 0.6 is 11.8 Å². The summed E-state index contributed by atoms with van der Waals surface area (Å²) in [5.41, 5.74) is 2.92. The molecule has 1 N–H and O–H groups in total. The molecule has 3 nitrogen and oxygen atoms in total. The summed E-state index contributed by atoms with van der Waals surface area (Å²) in [6.07, 6.45) is 0.811. The molecule has 116 valence electrons. The standard InChI is InChI=1S/C17H19NO2S2/c1-12-7-8-17(13(2)11-12)22(19,20)18-15-9-10-21-16-6-4-3-5-14(15)16/h3-8,11,15,18H,9-10H2,1-2H3. The Balaban J connectivity index is 1.93. The third-order valence-electron chi connectivity index (χ3n) is 3.88. The van der Waals surface area contributed by atoms with Crippen LogP contribution in [0.4, 0.5) is 0 Å².